The quantitative estimate of drug-likeness (QED) is 0.0833. The van der Waals surface area contributed by atoms with Crippen molar-refractivity contribution in [2.45, 2.75) is 89.3 Å². The van der Waals surface area contributed by atoms with Gasteiger partial charge in [-0.25, -0.2) is 34.3 Å². The van der Waals surface area contributed by atoms with Gasteiger partial charge in [0.15, 0.2) is 22.8 Å². The van der Waals surface area contributed by atoms with Gasteiger partial charge in [-0.05, 0) is 130 Å². The van der Waals surface area contributed by atoms with Crippen LogP contribution in [0.1, 0.15) is 80.7 Å². The molecule has 3 saturated heterocycles. The van der Waals surface area contributed by atoms with Gasteiger partial charge in [-0.15, -0.1) is 0 Å². The van der Waals surface area contributed by atoms with Gasteiger partial charge in [0.25, 0.3) is 0 Å². The standard InChI is InChI=1S/C21H28N6.C18H19FN6.C18H20N6.6H2/c1-14(2)12-21(3)13-27(11-9-17(21)22)18-8-4-7-16(24-18)19-15-6-5-10-23-20(15)26-25-19;19-13-4-5-14(25-10-9-21-18(11-25)6-2-7-18)22-16(13)15-12-3-1-8-20-17(12)24-23-15;1-5-14(16-13-4-2-9-19-17(13)23-22-16)21-15(6-1)24-11-10-20-18(12-24)7-3-8-18;;;;;;/h4-8,10,14,17H,9,11-13,22H2,1-3H3,(H,23,25,26);1,3-5,8,21H,2,6-7,9-11H2,(H,20,23,24);1-2,4-6,9,20H,3,7-8,10-12H2,(H,19,22,23);6*1H. The van der Waals surface area contributed by atoms with Crippen molar-refractivity contribution in [3.8, 4) is 34.2 Å². The molecule has 9 aromatic heterocycles. The highest BCUT2D eigenvalue weighted by molar-refractivity contribution is 5.91. The second kappa shape index (κ2) is 20.6. The first-order chi connectivity index (χ1) is 37.0. The fourth-order valence-corrected chi connectivity index (χ4v) is 12.2. The molecular weight excluding hydrogens is 956 g/mol. The Morgan fingerprint density at radius 2 is 1.07 bits per heavy atom. The van der Waals surface area contributed by atoms with Gasteiger partial charge < -0.3 is 31.1 Å². The smallest absolute Gasteiger partial charge is 0.181 e. The Balaban J connectivity index is 0.000000191. The highest BCUT2D eigenvalue weighted by Gasteiger charge is 2.42. The topological polar surface area (TPSA) is 223 Å². The third-order valence-corrected chi connectivity index (χ3v) is 16.4. The van der Waals surface area contributed by atoms with E-state index in [-0.39, 0.29) is 31.4 Å². The number of fused-ring (bicyclic) bond motifs is 3. The van der Waals surface area contributed by atoms with Crippen LogP contribution in [0.3, 0.4) is 0 Å². The first-order valence-electron chi connectivity index (χ1n) is 27.0. The van der Waals surface area contributed by atoms with Gasteiger partial charge in [-0.1, -0.05) is 32.9 Å². The molecule has 18 nitrogen and oxygen atoms in total. The molecule has 5 aliphatic rings. The number of piperazine rings is 2. The maximum absolute atomic E-state index is 14.5. The molecule has 14 rings (SSSR count). The fraction of sp³-hybridized carbons (Fsp3) is 0.421. The van der Waals surface area contributed by atoms with Gasteiger partial charge >= 0.3 is 0 Å². The van der Waals surface area contributed by atoms with E-state index < -0.39 is 0 Å². The van der Waals surface area contributed by atoms with E-state index >= 15 is 0 Å². The number of H-pyrrole nitrogens is 3. The van der Waals surface area contributed by atoms with E-state index in [0.29, 0.717) is 34.1 Å². The summed E-state index contributed by atoms with van der Waals surface area (Å²) in [6.07, 6.45) is 14.9. The highest BCUT2D eigenvalue weighted by Crippen LogP contribution is 2.39. The number of aromatic nitrogens is 12. The van der Waals surface area contributed by atoms with E-state index in [0.717, 1.165) is 127 Å². The predicted octanol–water partition coefficient (Wildman–Crippen LogP) is 9.93. The molecule has 2 aliphatic carbocycles. The summed E-state index contributed by atoms with van der Waals surface area (Å²) in [6.45, 7) is 14.6. The minimum atomic E-state index is -0.355. The average molecular weight is 1040 g/mol. The molecule has 0 bridgehead atoms. The minimum absolute atomic E-state index is 0. The van der Waals surface area contributed by atoms with Gasteiger partial charge in [0.05, 0.1) is 28.5 Å². The Labute approximate surface area is 450 Å². The van der Waals surface area contributed by atoms with E-state index in [4.69, 9.17) is 15.7 Å². The summed E-state index contributed by atoms with van der Waals surface area (Å²) in [7, 11) is 0. The van der Waals surface area contributed by atoms with Crippen LogP contribution in [0.15, 0.2) is 104 Å². The largest absolute Gasteiger partial charge is 0.356 e. The molecule has 12 heterocycles. The summed E-state index contributed by atoms with van der Waals surface area (Å²) in [5.74, 6) is 3.14. The number of nitrogens with zero attached hydrogens (tertiary/aromatic N) is 12. The van der Waals surface area contributed by atoms with Gasteiger partial charge in [0, 0.05) is 118 Å². The Morgan fingerprint density at radius 3 is 1.55 bits per heavy atom. The number of pyridine rings is 6. The van der Waals surface area contributed by atoms with Crippen LogP contribution in [0.4, 0.5) is 21.8 Å². The third-order valence-electron chi connectivity index (χ3n) is 16.4. The van der Waals surface area contributed by atoms with E-state index in [2.05, 4.69) is 121 Å². The number of piperidine rings is 1. The molecule has 0 aromatic carbocycles. The van der Waals surface area contributed by atoms with Crippen LogP contribution >= 0.6 is 0 Å². The zero-order valence-electron chi connectivity index (χ0n) is 43.6. The minimum Gasteiger partial charge on any atom is -0.356 e. The molecule has 404 valence electrons. The average Bonchev–Trinajstić information content (AvgIpc) is 3.37. The molecule has 2 spiro atoms. The van der Waals surface area contributed by atoms with Crippen LogP contribution in [-0.4, -0.2) is 130 Å². The van der Waals surface area contributed by atoms with Crippen LogP contribution in [0, 0.1) is 17.2 Å². The molecule has 2 unspecified atom stereocenters. The van der Waals surface area contributed by atoms with Crippen LogP contribution in [0.2, 0.25) is 0 Å². The lowest BCUT2D eigenvalue weighted by Gasteiger charge is -2.50. The zero-order chi connectivity index (χ0) is 51.9. The van der Waals surface area contributed by atoms with E-state index in [9.17, 15) is 4.39 Å². The predicted molar refractivity (Wildman–Crippen MR) is 310 cm³/mol. The second-order valence-corrected chi connectivity index (χ2v) is 22.2. The van der Waals surface area contributed by atoms with Crippen LogP contribution in [0.25, 0.3) is 67.3 Å². The van der Waals surface area contributed by atoms with Crippen molar-refractivity contribution in [1.82, 2.24) is 71.1 Å². The van der Waals surface area contributed by atoms with E-state index in [1.807, 2.05) is 48.5 Å². The second-order valence-electron chi connectivity index (χ2n) is 22.2. The Bertz CT molecular complexity index is 3500. The maximum Gasteiger partial charge on any atom is 0.181 e. The number of anilines is 3. The Kier molecular flexibility index (Phi) is 13.4. The first kappa shape index (κ1) is 49.4. The molecular formula is C57H79FN18. The number of aromatic amines is 3. The molecule has 2 saturated carbocycles. The van der Waals surface area contributed by atoms with E-state index in [1.165, 1.54) is 44.6 Å². The van der Waals surface area contributed by atoms with Gasteiger partial charge in [0.1, 0.15) is 23.1 Å². The monoisotopic (exact) mass is 1030 g/mol. The molecule has 3 aliphatic heterocycles. The molecule has 0 radical (unpaired) electrons. The Hall–Kier alpha value is -7.48. The van der Waals surface area contributed by atoms with Crippen LogP contribution in [0.5, 0.6) is 0 Å². The molecule has 0 amide bonds. The third kappa shape index (κ3) is 9.82. The normalized spacial score (nSPS) is 20.8. The van der Waals surface area contributed by atoms with Crippen LogP contribution < -0.4 is 31.1 Å². The number of hydrogen-bond donors (Lipinski definition) is 6. The Morgan fingerprint density at radius 1 is 0.592 bits per heavy atom. The fourth-order valence-electron chi connectivity index (χ4n) is 12.2. The molecule has 2 atom stereocenters. The lowest BCUT2D eigenvalue weighted by molar-refractivity contribution is 0.172. The summed E-state index contributed by atoms with van der Waals surface area (Å²) in [4.78, 5) is 34.3. The number of nitrogens with one attached hydrogen (secondary N) is 5. The summed E-state index contributed by atoms with van der Waals surface area (Å²) in [5, 5.41) is 31.9. The molecule has 5 fully saturated rings. The van der Waals surface area contributed by atoms with Crippen molar-refractivity contribution in [3.05, 3.63) is 109 Å². The van der Waals surface area contributed by atoms with Crippen LogP contribution in [-0.2, 0) is 0 Å². The zero-order valence-corrected chi connectivity index (χ0v) is 43.6. The van der Waals surface area contributed by atoms with Crippen molar-refractivity contribution in [2.24, 2.45) is 17.1 Å². The summed E-state index contributed by atoms with van der Waals surface area (Å²) >= 11 is 0. The summed E-state index contributed by atoms with van der Waals surface area (Å²) in [6, 6.07) is 27.5. The number of nitrogens with two attached hydrogens (primary N) is 1. The van der Waals surface area contributed by atoms with Crippen molar-refractivity contribution < 1.29 is 13.0 Å². The van der Waals surface area contributed by atoms with Crippen molar-refractivity contribution >= 4 is 50.6 Å². The summed E-state index contributed by atoms with van der Waals surface area (Å²) < 4.78 is 14.5. The van der Waals surface area contributed by atoms with Gasteiger partial charge in [-0.3, -0.25) is 15.3 Å². The SMILES string of the molecule is CC(C)CC1(C)CN(c2cccc(-c3[nH]nc4ncccc34)n2)CCC1N.Fc1ccc(N2CCNC3(CCC3)C2)nc1-c1[nH]nc2ncccc12.[HH].[HH].[HH].[HH].[HH].[HH].c1cc(-c2[nH]nc3ncccc23)nc(N2CCNC3(CCC3)C2)c1. The number of hydrogen-bond acceptors (Lipinski definition) is 15. The number of halogens is 1. The van der Waals surface area contributed by atoms with Crippen molar-refractivity contribution in [1.29, 1.82) is 0 Å². The van der Waals surface area contributed by atoms with Gasteiger partial charge in [-0.2, -0.15) is 15.3 Å². The van der Waals surface area contributed by atoms with E-state index in [1.54, 1.807) is 24.7 Å². The molecule has 19 heteroatoms. The first-order valence-corrected chi connectivity index (χ1v) is 27.0. The molecule has 7 N–H and O–H groups in total. The maximum atomic E-state index is 14.5. The summed E-state index contributed by atoms with van der Waals surface area (Å²) in [5.41, 5.74) is 13.7. The molecule has 9 aromatic rings. The lowest BCUT2D eigenvalue weighted by atomic mass is 9.72. The lowest BCUT2D eigenvalue weighted by Crippen LogP contribution is -2.64. The van der Waals surface area contributed by atoms with Crippen molar-refractivity contribution in [3.63, 3.8) is 0 Å². The number of rotatable bonds is 8. The van der Waals surface area contributed by atoms with Gasteiger partial charge in [0.2, 0.25) is 0 Å². The highest BCUT2D eigenvalue weighted by atomic mass is 19.1. The van der Waals surface area contributed by atoms with Crippen molar-refractivity contribution in [2.75, 3.05) is 67.1 Å². The molecule has 76 heavy (non-hydrogen) atoms.